The van der Waals surface area contributed by atoms with E-state index < -0.39 is 0 Å². The molecule has 1 amide bonds. The largest absolute Gasteiger partial charge is 0.486 e. The lowest BCUT2D eigenvalue weighted by Crippen LogP contribution is -2.24. The molecule has 3 heterocycles. The normalized spacial score (nSPS) is 13.8. The number of fused-ring (bicyclic) bond motifs is 2. The third-order valence-electron chi connectivity index (χ3n) is 5.23. The Labute approximate surface area is 189 Å². The monoisotopic (exact) mass is 453 g/mol. The molecule has 0 aliphatic carbocycles. The smallest absolute Gasteiger partial charge is 0.231 e. The Bertz CT molecular complexity index is 1150. The highest BCUT2D eigenvalue weighted by atomic mass is 32.2. The van der Waals surface area contributed by atoms with Crippen LogP contribution in [0.5, 0.6) is 23.0 Å². The molecule has 0 bridgehead atoms. The Balaban J connectivity index is 1.21. The number of nitrogens with one attached hydrogen (secondary N) is 1. The van der Waals surface area contributed by atoms with E-state index in [9.17, 15) is 4.79 Å². The molecule has 0 atom stereocenters. The molecule has 0 unspecified atom stereocenters. The fraction of sp³-hybridized carbons (Fsp3) is 0.304. The second-order valence-corrected chi connectivity index (χ2v) is 8.22. The summed E-state index contributed by atoms with van der Waals surface area (Å²) in [7, 11) is 0. The summed E-state index contributed by atoms with van der Waals surface area (Å²) in [5, 5.41) is 3.75. The van der Waals surface area contributed by atoms with Crippen molar-refractivity contribution in [3.8, 4) is 34.3 Å². The van der Waals surface area contributed by atoms with Crippen molar-refractivity contribution in [3.63, 3.8) is 0 Å². The molecule has 9 heteroatoms. The second kappa shape index (κ2) is 9.04. The zero-order valence-electron chi connectivity index (χ0n) is 17.6. The maximum Gasteiger partial charge on any atom is 0.231 e. The molecule has 2 aliphatic heterocycles. The first-order valence-electron chi connectivity index (χ1n) is 10.4. The van der Waals surface area contributed by atoms with E-state index in [0.717, 1.165) is 45.8 Å². The van der Waals surface area contributed by atoms with Gasteiger partial charge < -0.3 is 28.8 Å². The molecular weight excluding hydrogens is 430 g/mol. The van der Waals surface area contributed by atoms with Crippen LogP contribution in [0.1, 0.15) is 12.5 Å². The molecule has 0 spiro atoms. The lowest BCUT2D eigenvalue weighted by molar-refractivity contribution is -0.118. The lowest BCUT2D eigenvalue weighted by atomic mass is 10.1. The zero-order chi connectivity index (χ0) is 21.9. The number of imidazole rings is 1. The summed E-state index contributed by atoms with van der Waals surface area (Å²) >= 11 is 1.42. The van der Waals surface area contributed by atoms with E-state index >= 15 is 0 Å². The van der Waals surface area contributed by atoms with Gasteiger partial charge in [-0.1, -0.05) is 17.8 Å². The Kier molecular flexibility index (Phi) is 5.81. The Hall–Kier alpha value is -3.33. The number of hydrogen-bond acceptors (Lipinski definition) is 7. The number of hydrogen-bond donors (Lipinski definition) is 1. The number of amides is 1. The number of rotatable bonds is 7. The molecular formula is C23H23N3O5S. The van der Waals surface area contributed by atoms with Gasteiger partial charge in [-0.3, -0.25) is 4.79 Å². The molecule has 5 rings (SSSR count). The van der Waals surface area contributed by atoms with Crippen LogP contribution < -0.4 is 24.3 Å². The fourth-order valence-corrected chi connectivity index (χ4v) is 4.52. The number of aromatic nitrogens is 2. The van der Waals surface area contributed by atoms with Gasteiger partial charge in [0, 0.05) is 18.7 Å². The molecule has 1 aromatic heterocycles. The van der Waals surface area contributed by atoms with Crippen LogP contribution in [0.25, 0.3) is 11.3 Å². The molecule has 1 N–H and O–H groups in total. The van der Waals surface area contributed by atoms with Crippen molar-refractivity contribution in [3.05, 3.63) is 48.2 Å². The number of benzene rings is 2. The highest BCUT2D eigenvalue weighted by Gasteiger charge is 2.17. The van der Waals surface area contributed by atoms with Crippen molar-refractivity contribution in [2.45, 2.75) is 25.2 Å². The van der Waals surface area contributed by atoms with Gasteiger partial charge in [-0.05, 0) is 42.8 Å². The summed E-state index contributed by atoms with van der Waals surface area (Å²) in [6.07, 6.45) is 1.84. The van der Waals surface area contributed by atoms with Gasteiger partial charge in [0.25, 0.3) is 0 Å². The number of carbonyl (C=O) groups is 1. The van der Waals surface area contributed by atoms with E-state index in [2.05, 4.69) is 21.8 Å². The third kappa shape index (κ3) is 4.20. The van der Waals surface area contributed by atoms with Crippen LogP contribution in [0.15, 0.2) is 47.8 Å². The number of nitrogens with zero attached hydrogens (tertiary/aromatic N) is 2. The second-order valence-electron chi connectivity index (χ2n) is 7.28. The number of carbonyl (C=O) groups excluding carboxylic acids is 1. The van der Waals surface area contributed by atoms with Crippen molar-refractivity contribution in [2.75, 3.05) is 25.8 Å². The van der Waals surface area contributed by atoms with Gasteiger partial charge in [0.1, 0.15) is 13.2 Å². The van der Waals surface area contributed by atoms with Crippen LogP contribution in [0, 0.1) is 0 Å². The van der Waals surface area contributed by atoms with Crippen molar-refractivity contribution < 1.29 is 23.7 Å². The van der Waals surface area contributed by atoms with Gasteiger partial charge in [-0.25, -0.2) is 4.98 Å². The van der Waals surface area contributed by atoms with Gasteiger partial charge in [0.15, 0.2) is 28.2 Å². The molecule has 0 saturated carbocycles. The van der Waals surface area contributed by atoms with Gasteiger partial charge in [-0.15, -0.1) is 0 Å². The van der Waals surface area contributed by atoms with E-state index in [4.69, 9.17) is 18.9 Å². The van der Waals surface area contributed by atoms with Gasteiger partial charge in [0.2, 0.25) is 12.7 Å². The fourth-order valence-electron chi connectivity index (χ4n) is 3.65. The summed E-state index contributed by atoms with van der Waals surface area (Å²) in [6, 6.07) is 11.6. The molecule has 2 aromatic carbocycles. The van der Waals surface area contributed by atoms with Crippen molar-refractivity contribution in [2.24, 2.45) is 0 Å². The minimum Gasteiger partial charge on any atom is -0.486 e. The van der Waals surface area contributed by atoms with Crippen LogP contribution in [-0.2, 0) is 17.9 Å². The molecule has 32 heavy (non-hydrogen) atoms. The first kappa shape index (κ1) is 20.6. The summed E-state index contributed by atoms with van der Waals surface area (Å²) in [6.45, 7) is 4.58. The lowest BCUT2D eigenvalue weighted by Gasteiger charge is -2.19. The van der Waals surface area contributed by atoms with Crippen LogP contribution in [-0.4, -0.2) is 41.2 Å². The molecule has 2 aliphatic rings. The Morgan fingerprint density at radius 1 is 1.03 bits per heavy atom. The van der Waals surface area contributed by atoms with Crippen LogP contribution >= 0.6 is 11.8 Å². The minimum absolute atomic E-state index is 0.0563. The molecule has 3 aromatic rings. The van der Waals surface area contributed by atoms with E-state index in [1.54, 1.807) is 0 Å². The minimum atomic E-state index is -0.0563. The maximum absolute atomic E-state index is 12.4. The average Bonchev–Trinajstić information content (AvgIpc) is 3.47. The van der Waals surface area contributed by atoms with E-state index in [1.165, 1.54) is 11.8 Å². The summed E-state index contributed by atoms with van der Waals surface area (Å²) in [5.41, 5.74) is 2.94. The zero-order valence-corrected chi connectivity index (χ0v) is 18.4. The standard InChI is InChI=1S/C23H23N3O5S/c1-2-26-17(16-4-6-18-21(10-16)29-8-7-28-18)12-25-23(26)32-13-22(27)24-11-15-3-5-19-20(9-15)31-14-30-19/h3-6,9-10,12H,2,7-8,11,13-14H2,1H3,(H,24,27). The van der Waals surface area contributed by atoms with Gasteiger partial charge in [-0.2, -0.15) is 0 Å². The predicted molar refractivity (Wildman–Crippen MR) is 119 cm³/mol. The number of thioether (sulfide) groups is 1. The summed E-state index contributed by atoms with van der Waals surface area (Å²) in [5.74, 6) is 3.17. The van der Waals surface area contributed by atoms with E-state index in [0.29, 0.717) is 25.5 Å². The van der Waals surface area contributed by atoms with Crippen LogP contribution in [0.4, 0.5) is 0 Å². The van der Waals surface area contributed by atoms with Crippen LogP contribution in [0.3, 0.4) is 0 Å². The molecule has 0 saturated heterocycles. The maximum atomic E-state index is 12.4. The molecule has 8 nitrogen and oxygen atoms in total. The van der Waals surface area contributed by atoms with Crippen molar-refractivity contribution in [1.82, 2.24) is 14.9 Å². The predicted octanol–water partition coefficient (Wildman–Crippen LogP) is 3.48. The molecule has 166 valence electrons. The SMILES string of the molecule is CCn1c(-c2ccc3c(c2)OCCO3)cnc1SCC(=O)NCc1ccc2c(c1)OCO2. The van der Waals surface area contributed by atoms with Gasteiger partial charge >= 0.3 is 0 Å². The van der Waals surface area contributed by atoms with Crippen molar-refractivity contribution >= 4 is 17.7 Å². The summed E-state index contributed by atoms with van der Waals surface area (Å²) < 4.78 is 24.1. The van der Waals surface area contributed by atoms with E-state index in [1.807, 2.05) is 42.6 Å². The molecule has 0 fully saturated rings. The topological polar surface area (TPSA) is 83.8 Å². The number of ether oxygens (including phenoxy) is 4. The van der Waals surface area contributed by atoms with Crippen LogP contribution in [0.2, 0.25) is 0 Å². The highest BCUT2D eigenvalue weighted by molar-refractivity contribution is 7.99. The Morgan fingerprint density at radius 2 is 1.78 bits per heavy atom. The summed E-state index contributed by atoms with van der Waals surface area (Å²) in [4.78, 5) is 17.0. The quantitative estimate of drug-likeness (QED) is 0.549. The highest BCUT2D eigenvalue weighted by Crippen LogP contribution is 2.36. The van der Waals surface area contributed by atoms with Crippen molar-refractivity contribution in [1.29, 1.82) is 0 Å². The first-order chi connectivity index (χ1) is 15.7. The van der Waals surface area contributed by atoms with E-state index in [-0.39, 0.29) is 18.5 Å². The first-order valence-corrected chi connectivity index (χ1v) is 11.4. The average molecular weight is 454 g/mol. The van der Waals surface area contributed by atoms with Gasteiger partial charge in [0.05, 0.1) is 17.6 Å². The Morgan fingerprint density at radius 3 is 2.66 bits per heavy atom. The third-order valence-corrected chi connectivity index (χ3v) is 6.22. The molecule has 0 radical (unpaired) electrons.